The van der Waals surface area contributed by atoms with Crippen molar-refractivity contribution in [2.75, 3.05) is 0 Å². The molecule has 4 aromatic rings. The Balaban J connectivity index is 1.60. The van der Waals surface area contributed by atoms with Crippen molar-refractivity contribution in [2.24, 2.45) is 0 Å². The largest absolute Gasteiger partial charge is 0.481 e. The third kappa shape index (κ3) is 7.54. The minimum Gasteiger partial charge on any atom is -0.481 e. The van der Waals surface area contributed by atoms with Gasteiger partial charge in [-0.05, 0) is 104 Å². The first kappa shape index (κ1) is 27.6. The molecular weight excluding hydrogens is 509 g/mol. The number of hydrogen-bond acceptors (Lipinski definition) is 4. The third-order valence-electron chi connectivity index (χ3n) is 5.90. The van der Waals surface area contributed by atoms with E-state index in [2.05, 4.69) is 0 Å². The number of rotatable bonds is 9. The highest BCUT2D eigenvalue weighted by molar-refractivity contribution is 5.67. The van der Waals surface area contributed by atoms with Crippen LogP contribution in [0.3, 0.4) is 0 Å². The van der Waals surface area contributed by atoms with Crippen LogP contribution < -0.4 is 14.2 Å². The summed E-state index contributed by atoms with van der Waals surface area (Å²) >= 11 is 0. The van der Waals surface area contributed by atoms with Crippen molar-refractivity contribution in [2.45, 2.75) is 39.8 Å². The number of carboxylic acid groups (broad SMARTS) is 1. The van der Waals surface area contributed by atoms with Gasteiger partial charge in [0.15, 0.2) is 11.5 Å². The topological polar surface area (TPSA) is 65.0 Å². The van der Waals surface area contributed by atoms with Crippen molar-refractivity contribution < 1.29 is 37.3 Å². The van der Waals surface area contributed by atoms with E-state index in [1.165, 1.54) is 6.07 Å². The van der Waals surface area contributed by atoms with Gasteiger partial charge < -0.3 is 19.3 Å². The van der Waals surface area contributed by atoms with Gasteiger partial charge in [0, 0.05) is 12.5 Å². The molecule has 0 aliphatic heterocycles. The second-order valence-electron chi connectivity index (χ2n) is 9.25. The average Bonchev–Trinajstić information content (AvgIpc) is 2.83. The highest BCUT2D eigenvalue weighted by Crippen LogP contribution is 2.41. The molecule has 4 aromatic carbocycles. The molecule has 0 saturated heterocycles. The van der Waals surface area contributed by atoms with Crippen molar-refractivity contribution >= 4 is 5.97 Å². The number of aryl methyl sites for hydroxylation is 4. The van der Waals surface area contributed by atoms with E-state index in [-0.39, 0.29) is 17.9 Å². The quantitative estimate of drug-likeness (QED) is 0.231. The highest BCUT2D eigenvalue weighted by atomic mass is 19.4. The van der Waals surface area contributed by atoms with Crippen LogP contribution in [0, 0.1) is 20.8 Å². The van der Waals surface area contributed by atoms with Gasteiger partial charge in [0.05, 0.1) is 5.56 Å². The molecule has 202 valence electrons. The fourth-order valence-electron chi connectivity index (χ4n) is 4.00. The van der Waals surface area contributed by atoms with Gasteiger partial charge in [-0.3, -0.25) is 4.79 Å². The third-order valence-corrected chi connectivity index (χ3v) is 5.90. The van der Waals surface area contributed by atoms with E-state index in [9.17, 15) is 18.0 Å². The van der Waals surface area contributed by atoms with Gasteiger partial charge >= 0.3 is 12.1 Å². The highest BCUT2D eigenvalue weighted by Gasteiger charge is 2.31. The first-order valence-electron chi connectivity index (χ1n) is 12.2. The van der Waals surface area contributed by atoms with Crippen molar-refractivity contribution in [1.29, 1.82) is 0 Å². The fourth-order valence-corrected chi connectivity index (χ4v) is 4.00. The Kier molecular flexibility index (Phi) is 8.14. The van der Waals surface area contributed by atoms with Crippen LogP contribution in [-0.2, 0) is 17.4 Å². The maximum atomic E-state index is 13.4. The van der Waals surface area contributed by atoms with Crippen LogP contribution in [-0.4, -0.2) is 11.1 Å². The van der Waals surface area contributed by atoms with Crippen LogP contribution in [0.1, 0.15) is 34.2 Å². The predicted molar refractivity (Wildman–Crippen MR) is 141 cm³/mol. The number of ether oxygens (including phenoxy) is 3. The normalized spacial score (nSPS) is 11.2. The first-order valence-corrected chi connectivity index (χ1v) is 12.2. The molecule has 0 amide bonds. The molecule has 0 spiro atoms. The van der Waals surface area contributed by atoms with Gasteiger partial charge in [0.25, 0.3) is 0 Å². The lowest BCUT2D eigenvalue weighted by Crippen LogP contribution is -2.05. The Morgan fingerprint density at radius 3 is 2.05 bits per heavy atom. The summed E-state index contributed by atoms with van der Waals surface area (Å²) in [4.78, 5) is 10.9. The summed E-state index contributed by atoms with van der Waals surface area (Å²) in [6.07, 6.45) is -4.09. The molecule has 0 radical (unpaired) electrons. The van der Waals surface area contributed by atoms with Crippen molar-refractivity contribution in [3.63, 3.8) is 0 Å². The SMILES string of the molecule is Cc1cccc(Oc2cc(C(F)(F)F)ccc2Oc2cc(C)cc(Oc3ccc(CCC(=O)O)c(C)c3)c2)c1. The Morgan fingerprint density at radius 2 is 1.38 bits per heavy atom. The number of hydrogen-bond donors (Lipinski definition) is 1. The smallest absolute Gasteiger partial charge is 0.416 e. The molecule has 39 heavy (non-hydrogen) atoms. The van der Waals surface area contributed by atoms with Gasteiger partial charge in [0.2, 0.25) is 0 Å². The van der Waals surface area contributed by atoms with Gasteiger partial charge in [-0.15, -0.1) is 0 Å². The lowest BCUT2D eigenvalue weighted by atomic mass is 10.0. The molecular formula is C31H27F3O5. The van der Waals surface area contributed by atoms with Crippen molar-refractivity contribution in [1.82, 2.24) is 0 Å². The summed E-state index contributed by atoms with van der Waals surface area (Å²) in [5, 5.41) is 8.93. The zero-order valence-corrected chi connectivity index (χ0v) is 21.6. The molecule has 0 aliphatic rings. The Hall–Kier alpha value is -4.46. The van der Waals surface area contributed by atoms with E-state index in [1.54, 1.807) is 42.5 Å². The van der Waals surface area contributed by atoms with Gasteiger partial charge in [-0.25, -0.2) is 0 Å². The molecule has 5 nitrogen and oxygen atoms in total. The van der Waals surface area contributed by atoms with Crippen LogP contribution in [0.25, 0.3) is 0 Å². The van der Waals surface area contributed by atoms with Crippen LogP contribution in [0.2, 0.25) is 0 Å². The number of benzene rings is 4. The molecule has 0 heterocycles. The molecule has 0 aromatic heterocycles. The van der Waals surface area contributed by atoms with Gasteiger partial charge in [0.1, 0.15) is 23.0 Å². The minimum absolute atomic E-state index is 0.0408. The molecule has 0 unspecified atom stereocenters. The average molecular weight is 537 g/mol. The summed E-state index contributed by atoms with van der Waals surface area (Å²) < 4.78 is 58.2. The number of halogens is 3. The summed E-state index contributed by atoms with van der Waals surface area (Å²) in [6.45, 7) is 5.59. The Morgan fingerprint density at radius 1 is 0.718 bits per heavy atom. The van der Waals surface area contributed by atoms with E-state index in [4.69, 9.17) is 19.3 Å². The standard InChI is InChI=1S/C31H27F3O5/c1-19-5-4-6-24(13-19)38-29-17-23(31(32,33)34)9-11-28(29)39-27-15-20(2)14-26(18-27)37-25-10-7-22(21(3)16-25)8-12-30(35)36/h4-7,9-11,13-18H,8,12H2,1-3H3,(H,35,36). The monoisotopic (exact) mass is 536 g/mol. The first-order chi connectivity index (χ1) is 18.5. The molecule has 0 fully saturated rings. The van der Waals surface area contributed by atoms with E-state index >= 15 is 0 Å². The van der Waals surface area contributed by atoms with Crippen LogP contribution in [0.5, 0.6) is 34.5 Å². The van der Waals surface area contributed by atoms with E-state index < -0.39 is 17.7 Å². The van der Waals surface area contributed by atoms with E-state index in [0.717, 1.165) is 34.4 Å². The van der Waals surface area contributed by atoms with Gasteiger partial charge in [-0.2, -0.15) is 13.2 Å². The molecule has 1 N–H and O–H groups in total. The van der Waals surface area contributed by atoms with Gasteiger partial charge in [-0.1, -0.05) is 18.2 Å². The summed E-state index contributed by atoms with van der Waals surface area (Å²) in [7, 11) is 0. The van der Waals surface area contributed by atoms with Crippen LogP contribution >= 0.6 is 0 Å². The zero-order valence-electron chi connectivity index (χ0n) is 21.6. The second-order valence-corrected chi connectivity index (χ2v) is 9.25. The van der Waals surface area contributed by atoms with Crippen molar-refractivity contribution in [3.8, 4) is 34.5 Å². The second kappa shape index (κ2) is 11.5. The lowest BCUT2D eigenvalue weighted by Gasteiger charge is -2.16. The predicted octanol–water partition coefficient (Wildman–Crippen LogP) is 9.02. The summed E-state index contributed by atoms with van der Waals surface area (Å²) in [5.41, 5.74) is 2.67. The minimum atomic E-state index is -4.55. The van der Waals surface area contributed by atoms with Crippen molar-refractivity contribution in [3.05, 3.63) is 107 Å². The molecule has 0 atom stereocenters. The Bertz CT molecular complexity index is 1490. The van der Waals surface area contributed by atoms with E-state index in [0.29, 0.717) is 29.4 Å². The Labute approximate surface area is 224 Å². The molecule has 0 aliphatic carbocycles. The number of aliphatic carboxylic acids is 1. The maximum Gasteiger partial charge on any atom is 0.416 e. The molecule has 4 rings (SSSR count). The summed E-state index contributed by atoms with van der Waals surface area (Å²) in [6, 6.07) is 20.7. The molecule has 8 heteroatoms. The zero-order chi connectivity index (χ0) is 28.2. The molecule has 0 bridgehead atoms. The van der Waals surface area contributed by atoms with Crippen LogP contribution in [0.15, 0.2) is 78.9 Å². The maximum absolute atomic E-state index is 13.4. The van der Waals surface area contributed by atoms with Crippen LogP contribution in [0.4, 0.5) is 13.2 Å². The fraction of sp³-hybridized carbons (Fsp3) is 0.194. The van der Waals surface area contributed by atoms with E-state index in [1.807, 2.05) is 39.0 Å². The number of carbonyl (C=O) groups is 1. The lowest BCUT2D eigenvalue weighted by molar-refractivity contribution is -0.138. The number of carboxylic acids is 1. The summed E-state index contributed by atoms with van der Waals surface area (Å²) in [5.74, 6) is 0.939. The molecule has 0 saturated carbocycles. The number of alkyl halides is 3.